The zero-order chi connectivity index (χ0) is 14.6. The highest BCUT2D eigenvalue weighted by Crippen LogP contribution is 2.31. The SMILES string of the molecule is CN(C(=O)Sc1ccccc1)C(C)(C)c1ccccc1. The van der Waals surface area contributed by atoms with Crippen molar-refractivity contribution in [2.24, 2.45) is 0 Å². The molecule has 0 atom stereocenters. The van der Waals surface area contributed by atoms with E-state index in [2.05, 4.69) is 26.0 Å². The lowest BCUT2D eigenvalue weighted by Gasteiger charge is -2.35. The van der Waals surface area contributed by atoms with E-state index in [1.807, 2.05) is 55.6 Å². The second-order valence-corrected chi connectivity index (χ2v) is 6.19. The summed E-state index contributed by atoms with van der Waals surface area (Å²) in [5, 5.41) is 0.0463. The maximum absolute atomic E-state index is 12.4. The Bertz CT molecular complexity index is 566. The highest BCUT2D eigenvalue weighted by molar-refractivity contribution is 8.13. The molecule has 0 saturated heterocycles. The second kappa shape index (κ2) is 6.14. The number of carbonyl (C=O) groups excluding carboxylic acids is 1. The number of nitrogens with zero attached hydrogens (tertiary/aromatic N) is 1. The number of rotatable bonds is 3. The summed E-state index contributed by atoms with van der Waals surface area (Å²) in [7, 11) is 1.85. The summed E-state index contributed by atoms with van der Waals surface area (Å²) in [5.74, 6) is 0. The predicted molar refractivity (Wildman–Crippen MR) is 84.9 cm³/mol. The Balaban J connectivity index is 2.14. The number of hydrogen-bond donors (Lipinski definition) is 0. The quantitative estimate of drug-likeness (QED) is 0.757. The standard InChI is InChI=1S/C17H19NOS/c1-17(2,14-10-6-4-7-11-14)18(3)16(19)20-15-12-8-5-9-13-15/h4-13H,1-3H3. The topological polar surface area (TPSA) is 20.3 Å². The lowest BCUT2D eigenvalue weighted by molar-refractivity contribution is 0.179. The molecule has 2 rings (SSSR count). The van der Waals surface area contributed by atoms with E-state index in [9.17, 15) is 4.79 Å². The first-order valence-corrected chi connectivity index (χ1v) is 7.39. The average molecular weight is 285 g/mol. The van der Waals surface area contributed by atoms with Gasteiger partial charge in [0.15, 0.2) is 0 Å². The second-order valence-electron chi connectivity index (χ2n) is 5.17. The van der Waals surface area contributed by atoms with Crippen molar-refractivity contribution in [1.82, 2.24) is 4.90 Å². The first kappa shape index (κ1) is 14.7. The molecule has 2 nitrogen and oxygen atoms in total. The van der Waals surface area contributed by atoms with Gasteiger partial charge in [0.1, 0.15) is 0 Å². The number of carbonyl (C=O) groups is 1. The first-order chi connectivity index (χ1) is 9.51. The van der Waals surface area contributed by atoms with E-state index in [0.717, 1.165) is 10.5 Å². The smallest absolute Gasteiger partial charge is 0.286 e. The third-order valence-corrected chi connectivity index (χ3v) is 4.50. The molecule has 0 aliphatic carbocycles. The van der Waals surface area contributed by atoms with E-state index in [-0.39, 0.29) is 10.8 Å². The summed E-state index contributed by atoms with van der Waals surface area (Å²) in [6.07, 6.45) is 0. The summed E-state index contributed by atoms with van der Waals surface area (Å²) >= 11 is 1.26. The Kier molecular flexibility index (Phi) is 4.50. The average Bonchev–Trinajstić information content (AvgIpc) is 2.48. The van der Waals surface area contributed by atoms with Gasteiger partial charge in [-0.1, -0.05) is 48.5 Å². The van der Waals surface area contributed by atoms with Crippen LogP contribution in [0.5, 0.6) is 0 Å². The summed E-state index contributed by atoms with van der Waals surface area (Å²) in [5.41, 5.74) is 0.796. The molecule has 0 fully saturated rings. The van der Waals surface area contributed by atoms with Crippen LogP contribution in [-0.4, -0.2) is 17.2 Å². The molecule has 3 heteroatoms. The number of amides is 1. The van der Waals surface area contributed by atoms with Crippen molar-refractivity contribution in [3.05, 3.63) is 66.2 Å². The molecular formula is C17H19NOS. The Labute approximate surface area is 124 Å². The number of hydrogen-bond acceptors (Lipinski definition) is 2. The van der Waals surface area contributed by atoms with Crippen LogP contribution in [0.1, 0.15) is 19.4 Å². The monoisotopic (exact) mass is 285 g/mol. The van der Waals surface area contributed by atoms with Crippen molar-refractivity contribution in [1.29, 1.82) is 0 Å². The number of thioether (sulfide) groups is 1. The van der Waals surface area contributed by atoms with Crippen LogP contribution in [0.2, 0.25) is 0 Å². The van der Waals surface area contributed by atoms with Gasteiger partial charge in [-0.05, 0) is 43.3 Å². The Morgan fingerprint density at radius 1 is 0.950 bits per heavy atom. The van der Waals surface area contributed by atoms with Crippen LogP contribution < -0.4 is 0 Å². The van der Waals surface area contributed by atoms with Crippen LogP contribution in [0, 0.1) is 0 Å². The van der Waals surface area contributed by atoms with E-state index in [4.69, 9.17) is 0 Å². The molecule has 20 heavy (non-hydrogen) atoms. The van der Waals surface area contributed by atoms with E-state index >= 15 is 0 Å². The minimum Gasteiger partial charge on any atom is -0.327 e. The molecule has 0 N–H and O–H groups in total. The number of benzene rings is 2. The minimum absolute atomic E-state index is 0.0463. The van der Waals surface area contributed by atoms with Crippen molar-refractivity contribution in [2.45, 2.75) is 24.3 Å². The zero-order valence-electron chi connectivity index (χ0n) is 12.0. The molecular weight excluding hydrogens is 266 g/mol. The Morgan fingerprint density at radius 2 is 1.45 bits per heavy atom. The molecule has 0 aromatic heterocycles. The highest BCUT2D eigenvalue weighted by atomic mass is 32.2. The van der Waals surface area contributed by atoms with Gasteiger partial charge < -0.3 is 4.90 Å². The predicted octanol–water partition coefficient (Wildman–Crippen LogP) is 4.77. The van der Waals surface area contributed by atoms with Gasteiger partial charge in [0, 0.05) is 11.9 Å². The fourth-order valence-corrected chi connectivity index (χ4v) is 2.79. The van der Waals surface area contributed by atoms with Gasteiger partial charge in [0.2, 0.25) is 0 Å². The maximum Gasteiger partial charge on any atom is 0.286 e. The minimum atomic E-state index is -0.333. The van der Waals surface area contributed by atoms with Crippen LogP contribution in [0.4, 0.5) is 4.79 Å². The van der Waals surface area contributed by atoms with Gasteiger partial charge >= 0.3 is 0 Å². The fourth-order valence-electron chi connectivity index (χ4n) is 1.93. The molecule has 0 unspecified atom stereocenters. The first-order valence-electron chi connectivity index (χ1n) is 6.58. The molecule has 2 aromatic rings. The van der Waals surface area contributed by atoms with Gasteiger partial charge in [-0.3, -0.25) is 4.79 Å². The molecule has 0 bridgehead atoms. The van der Waals surface area contributed by atoms with Crippen LogP contribution >= 0.6 is 11.8 Å². The molecule has 0 heterocycles. The molecule has 1 amide bonds. The van der Waals surface area contributed by atoms with Gasteiger partial charge in [0.25, 0.3) is 5.24 Å². The van der Waals surface area contributed by atoms with E-state index in [1.165, 1.54) is 11.8 Å². The fraction of sp³-hybridized carbons (Fsp3) is 0.235. The van der Waals surface area contributed by atoms with E-state index in [0.29, 0.717) is 0 Å². The molecule has 104 valence electrons. The molecule has 2 aromatic carbocycles. The van der Waals surface area contributed by atoms with Crippen molar-refractivity contribution in [2.75, 3.05) is 7.05 Å². The van der Waals surface area contributed by atoms with Crippen molar-refractivity contribution in [3.63, 3.8) is 0 Å². The molecule has 0 aliphatic heterocycles. The van der Waals surface area contributed by atoms with Crippen LogP contribution in [0.3, 0.4) is 0 Å². The highest BCUT2D eigenvalue weighted by Gasteiger charge is 2.29. The Morgan fingerprint density at radius 3 is 2.00 bits per heavy atom. The maximum atomic E-state index is 12.4. The van der Waals surface area contributed by atoms with Gasteiger partial charge in [-0.2, -0.15) is 0 Å². The third kappa shape index (κ3) is 3.23. The van der Waals surface area contributed by atoms with Crippen LogP contribution in [0.15, 0.2) is 65.6 Å². The van der Waals surface area contributed by atoms with E-state index in [1.54, 1.807) is 4.90 Å². The van der Waals surface area contributed by atoms with Crippen molar-refractivity contribution in [3.8, 4) is 0 Å². The third-order valence-electron chi connectivity index (χ3n) is 3.54. The van der Waals surface area contributed by atoms with Crippen LogP contribution in [0.25, 0.3) is 0 Å². The summed E-state index contributed by atoms with van der Waals surface area (Å²) in [6.45, 7) is 4.12. The van der Waals surface area contributed by atoms with Crippen molar-refractivity contribution < 1.29 is 4.79 Å². The molecule has 0 saturated carbocycles. The van der Waals surface area contributed by atoms with Gasteiger partial charge in [-0.15, -0.1) is 0 Å². The van der Waals surface area contributed by atoms with E-state index < -0.39 is 0 Å². The molecule has 0 radical (unpaired) electrons. The van der Waals surface area contributed by atoms with Crippen molar-refractivity contribution >= 4 is 17.0 Å². The Hall–Kier alpha value is -1.74. The largest absolute Gasteiger partial charge is 0.327 e. The lowest BCUT2D eigenvalue weighted by Crippen LogP contribution is -2.40. The molecule has 0 aliphatic rings. The van der Waals surface area contributed by atoms with Gasteiger partial charge in [-0.25, -0.2) is 0 Å². The summed E-state index contributed by atoms with van der Waals surface area (Å²) in [4.78, 5) is 15.2. The summed E-state index contributed by atoms with van der Waals surface area (Å²) < 4.78 is 0. The zero-order valence-corrected chi connectivity index (χ0v) is 12.9. The van der Waals surface area contributed by atoms with Crippen LogP contribution in [-0.2, 0) is 5.54 Å². The van der Waals surface area contributed by atoms with Gasteiger partial charge in [0.05, 0.1) is 5.54 Å². The molecule has 0 spiro atoms. The summed E-state index contributed by atoms with van der Waals surface area (Å²) in [6, 6.07) is 19.8. The normalized spacial score (nSPS) is 11.2. The lowest BCUT2D eigenvalue weighted by atomic mass is 9.93.